The van der Waals surface area contributed by atoms with Gasteiger partial charge >= 0.3 is 0 Å². The van der Waals surface area contributed by atoms with Gasteiger partial charge in [0.15, 0.2) is 0 Å². The number of carbonyl (C=O) groups is 1. The van der Waals surface area contributed by atoms with E-state index in [1.807, 2.05) is 0 Å². The molecule has 2 rings (SSSR count). The van der Waals surface area contributed by atoms with Gasteiger partial charge in [0.1, 0.15) is 24.3 Å². The average Bonchev–Trinajstić information content (AvgIpc) is 2.46. The number of hydrogen-bond donors (Lipinski definition) is 2. The summed E-state index contributed by atoms with van der Waals surface area (Å²) in [7, 11) is 0. The van der Waals surface area contributed by atoms with Crippen molar-refractivity contribution in [2.75, 3.05) is 6.61 Å². The lowest BCUT2D eigenvalue weighted by atomic mass is 10.1. The topological polar surface area (TPSA) is 72.6 Å². The Bertz CT molecular complexity index is 598. The summed E-state index contributed by atoms with van der Waals surface area (Å²) in [5.74, 6) is -0.479. The van der Waals surface area contributed by atoms with Crippen molar-refractivity contribution in [3.8, 4) is 5.75 Å². The van der Waals surface area contributed by atoms with E-state index in [4.69, 9.17) is 10.5 Å². The first-order chi connectivity index (χ1) is 9.56. The molecule has 0 aliphatic heterocycles. The van der Waals surface area contributed by atoms with Crippen molar-refractivity contribution >= 4 is 5.91 Å². The third-order valence-electron chi connectivity index (χ3n) is 2.78. The lowest BCUT2D eigenvalue weighted by molar-refractivity contribution is 0.0997. The van der Waals surface area contributed by atoms with E-state index >= 15 is 0 Å². The van der Waals surface area contributed by atoms with Crippen LogP contribution >= 0.6 is 0 Å². The number of primary amides is 1. The van der Waals surface area contributed by atoms with Crippen molar-refractivity contribution in [2.24, 2.45) is 5.73 Å². The second-order valence-electron chi connectivity index (χ2n) is 4.27. The quantitative estimate of drug-likeness (QED) is 0.877. The molecule has 0 radical (unpaired) electrons. The molecule has 3 N–H and O–H groups in total. The standard InChI is InChI=1S/C15H14FNO3/c16-12-6-4-10(5-7-12)14(18)9-20-13-3-1-2-11(8-13)15(17)19/h1-8,14,18H,9H2,(H2,17,19). The van der Waals surface area contributed by atoms with E-state index in [0.717, 1.165) is 0 Å². The molecule has 0 fully saturated rings. The molecule has 20 heavy (non-hydrogen) atoms. The summed E-state index contributed by atoms with van der Waals surface area (Å²) in [6.07, 6.45) is -0.882. The second-order valence-corrected chi connectivity index (χ2v) is 4.27. The fraction of sp³-hybridized carbons (Fsp3) is 0.133. The first-order valence-electron chi connectivity index (χ1n) is 6.02. The van der Waals surface area contributed by atoms with Crippen molar-refractivity contribution in [1.29, 1.82) is 0 Å². The van der Waals surface area contributed by atoms with Gasteiger partial charge in [0.2, 0.25) is 5.91 Å². The van der Waals surface area contributed by atoms with Crippen LogP contribution in [0.15, 0.2) is 48.5 Å². The maximum Gasteiger partial charge on any atom is 0.248 e. The first-order valence-corrected chi connectivity index (χ1v) is 6.02. The largest absolute Gasteiger partial charge is 0.491 e. The number of aliphatic hydroxyl groups excluding tert-OH is 1. The minimum atomic E-state index is -0.882. The third-order valence-corrected chi connectivity index (χ3v) is 2.78. The number of aliphatic hydroxyl groups is 1. The molecule has 0 spiro atoms. The molecule has 0 aliphatic carbocycles. The van der Waals surface area contributed by atoms with Crippen LogP contribution in [-0.4, -0.2) is 17.6 Å². The zero-order valence-corrected chi connectivity index (χ0v) is 10.6. The van der Waals surface area contributed by atoms with E-state index in [9.17, 15) is 14.3 Å². The fourth-order valence-corrected chi connectivity index (χ4v) is 1.70. The lowest BCUT2D eigenvalue weighted by Crippen LogP contribution is -2.12. The van der Waals surface area contributed by atoms with Crippen LogP contribution in [0.2, 0.25) is 0 Å². The number of ether oxygens (including phenoxy) is 1. The van der Waals surface area contributed by atoms with E-state index in [2.05, 4.69) is 0 Å². The average molecular weight is 275 g/mol. The predicted octanol–water partition coefficient (Wildman–Crippen LogP) is 2.04. The maximum absolute atomic E-state index is 12.8. The summed E-state index contributed by atoms with van der Waals surface area (Å²) in [6.45, 7) is -0.00610. The van der Waals surface area contributed by atoms with Crippen molar-refractivity contribution < 1.29 is 19.0 Å². The molecule has 0 heterocycles. The summed E-state index contributed by atoms with van der Waals surface area (Å²) in [5, 5.41) is 9.91. The molecule has 1 unspecified atom stereocenters. The molecule has 5 heteroatoms. The molecule has 0 aromatic heterocycles. The van der Waals surface area contributed by atoms with Gasteiger partial charge in [-0.15, -0.1) is 0 Å². The summed E-state index contributed by atoms with van der Waals surface area (Å²) in [5.41, 5.74) is 6.05. The number of rotatable bonds is 5. The minimum absolute atomic E-state index is 0.00610. The highest BCUT2D eigenvalue weighted by Crippen LogP contribution is 2.18. The molecule has 0 saturated carbocycles. The molecule has 0 bridgehead atoms. The second kappa shape index (κ2) is 6.16. The van der Waals surface area contributed by atoms with Gasteiger partial charge < -0.3 is 15.6 Å². The predicted molar refractivity (Wildman–Crippen MR) is 71.8 cm³/mol. The molecule has 4 nitrogen and oxygen atoms in total. The Labute approximate surface area is 115 Å². The van der Waals surface area contributed by atoms with E-state index in [0.29, 0.717) is 16.9 Å². The smallest absolute Gasteiger partial charge is 0.248 e. The van der Waals surface area contributed by atoms with Gasteiger partial charge in [-0.2, -0.15) is 0 Å². The van der Waals surface area contributed by atoms with Crippen LogP contribution < -0.4 is 10.5 Å². The summed E-state index contributed by atoms with van der Waals surface area (Å²) in [6, 6.07) is 11.9. The van der Waals surface area contributed by atoms with Gasteiger partial charge in [0, 0.05) is 5.56 Å². The number of nitrogens with two attached hydrogens (primary N) is 1. The van der Waals surface area contributed by atoms with Crippen LogP contribution in [0.3, 0.4) is 0 Å². The highest BCUT2D eigenvalue weighted by Gasteiger charge is 2.09. The van der Waals surface area contributed by atoms with Crippen LogP contribution in [0.4, 0.5) is 4.39 Å². The molecule has 0 saturated heterocycles. The monoisotopic (exact) mass is 275 g/mol. The van der Waals surface area contributed by atoms with Crippen molar-refractivity contribution in [3.05, 3.63) is 65.5 Å². The number of benzene rings is 2. The Morgan fingerprint density at radius 3 is 2.60 bits per heavy atom. The van der Waals surface area contributed by atoms with Gasteiger partial charge in [0.05, 0.1) is 0 Å². The Balaban J connectivity index is 1.99. The van der Waals surface area contributed by atoms with E-state index < -0.39 is 12.0 Å². The molecule has 1 amide bonds. The number of hydrogen-bond acceptors (Lipinski definition) is 3. The van der Waals surface area contributed by atoms with Crippen LogP contribution in [0.5, 0.6) is 5.75 Å². The van der Waals surface area contributed by atoms with Crippen LogP contribution in [0.25, 0.3) is 0 Å². The SMILES string of the molecule is NC(=O)c1cccc(OCC(O)c2ccc(F)cc2)c1. The summed E-state index contributed by atoms with van der Waals surface area (Å²) < 4.78 is 18.2. The van der Waals surface area contributed by atoms with Crippen molar-refractivity contribution in [3.63, 3.8) is 0 Å². The Morgan fingerprint density at radius 1 is 1.25 bits per heavy atom. The van der Waals surface area contributed by atoms with Crippen LogP contribution in [-0.2, 0) is 0 Å². The van der Waals surface area contributed by atoms with Crippen molar-refractivity contribution in [1.82, 2.24) is 0 Å². The fourth-order valence-electron chi connectivity index (χ4n) is 1.70. The molecule has 2 aromatic rings. The number of carbonyl (C=O) groups excluding carboxylic acids is 1. The molecule has 0 aliphatic rings. The van der Waals surface area contributed by atoms with Gasteiger partial charge in [-0.3, -0.25) is 4.79 Å². The number of halogens is 1. The normalized spacial score (nSPS) is 11.9. The molecular weight excluding hydrogens is 261 g/mol. The zero-order chi connectivity index (χ0) is 14.5. The highest BCUT2D eigenvalue weighted by molar-refractivity contribution is 5.93. The Morgan fingerprint density at radius 2 is 1.95 bits per heavy atom. The third kappa shape index (κ3) is 3.55. The van der Waals surface area contributed by atoms with Gasteiger partial charge in [-0.25, -0.2) is 4.39 Å². The summed E-state index contributed by atoms with van der Waals surface area (Å²) >= 11 is 0. The van der Waals surface area contributed by atoms with Gasteiger partial charge in [-0.05, 0) is 35.9 Å². The van der Waals surface area contributed by atoms with E-state index in [-0.39, 0.29) is 12.4 Å². The molecule has 104 valence electrons. The summed E-state index contributed by atoms with van der Waals surface area (Å²) in [4.78, 5) is 11.0. The molecular formula is C15H14FNO3. The molecule has 2 aromatic carbocycles. The molecule has 1 atom stereocenters. The Hall–Kier alpha value is -2.40. The van der Waals surface area contributed by atoms with Gasteiger partial charge in [-0.1, -0.05) is 18.2 Å². The zero-order valence-electron chi connectivity index (χ0n) is 10.6. The van der Waals surface area contributed by atoms with Crippen LogP contribution in [0.1, 0.15) is 22.0 Å². The highest BCUT2D eigenvalue weighted by atomic mass is 19.1. The lowest BCUT2D eigenvalue weighted by Gasteiger charge is -2.13. The van der Waals surface area contributed by atoms with E-state index in [1.54, 1.807) is 18.2 Å². The van der Waals surface area contributed by atoms with Crippen molar-refractivity contribution in [2.45, 2.75) is 6.10 Å². The van der Waals surface area contributed by atoms with Gasteiger partial charge in [0.25, 0.3) is 0 Å². The maximum atomic E-state index is 12.8. The Kier molecular flexibility index (Phi) is 4.32. The minimum Gasteiger partial charge on any atom is -0.491 e. The van der Waals surface area contributed by atoms with E-state index in [1.165, 1.54) is 30.3 Å². The first kappa shape index (κ1) is 14.0. The number of amides is 1. The van der Waals surface area contributed by atoms with Crippen LogP contribution in [0, 0.1) is 5.82 Å².